The van der Waals surface area contributed by atoms with E-state index in [2.05, 4.69) is 5.32 Å². The summed E-state index contributed by atoms with van der Waals surface area (Å²) >= 11 is 7.18. The number of rotatable bonds is 5. The number of hydrogen-bond donors (Lipinski definition) is 2. The van der Waals surface area contributed by atoms with Gasteiger partial charge in [-0.1, -0.05) is 29.8 Å². The summed E-state index contributed by atoms with van der Waals surface area (Å²) in [6.45, 7) is 0. The fraction of sp³-hybridized carbons (Fsp3) is 0.143. The number of thiophene rings is 1. The molecule has 104 valence electrons. The van der Waals surface area contributed by atoms with Crippen LogP contribution >= 0.6 is 22.9 Å². The number of carbonyl (C=O) groups excluding carboxylic acids is 1. The number of aryl methyl sites for hydroxylation is 1. The molecular formula is C14H12ClNO3S. The van der Waals surface area contributed by atoms with Gasteiger partial charge < -0.3 is 10.4 Å². The highest BCUT2D eigenvalue weighted by atomic mass is 35.5. The first-order valence-electron chi connectivity index (χ1n) is 5.92. The van der Waals surface area contributed by atoms with Crippen molar-refractivity contribution in [3.63, 3.8) is 0 Å². The Morgan fingerprint density at radius 2 is 2.00 bits per heavy atom. The predicted molar refractivity (Wildman–Crippen MR) is 79.7 cm³/mol. The van der Waals surface area contributed by atoms with Gasteiger partial charge in [0.05, 0.1) is 5.02 Å². The van der Waals surface area contributed by atoms with Gasteiger partial charge in [-0.05, 0) is 29.5 Å². The largest absolute Gasteiger partial charge is 0.481 e. The van der Waals surface area contributed by atoms with Crippen LogP contribution in [0.15, 0.2) is 35.7 Å². The zero-order chi connectivity index (χ0) is 14.5. The molecule has 1 amide bonds. The van der Waals surface area contributed by atoms with Crippen LogP contribution in [0.4, 0.5) is 5.69 Å². The Morgan fingerprint density at radius 1 is 1.25 bits per heavy atom. The van der Waals surface area contributed by atoms with Crippen molar-refractivity contribution < 1.29 is 14.7 Å². The van der Waals surface area contributed by atoms with E-state index in [1.807, 2.05) is 6.07 Å². The molecule has 0 saturated carbocycles. The molecule has 0 atom stereocenters. The van der Waals surface area contributed by atoms with E-state index in [9.17, 15) is 9.59 Å². The molecule has 2 rings (SSSR count). The van der Waals surface area contributed by atoms with Crippen molar-refractivity contribution in [2.24, 2.45) is 0 Å². The smallest absolute Gasteiger partial charge is 0.303 e. The minimum Gasteiger partial charge on any atom is -0.481 e. The van der Waals surface area contributed by atoms with Gasteiger partial charge in [-0.2, -0.15) is 0 Å². The normalized spacial score (nSPS) is 10.2. The molecule has 2 aromatic rings. The molecule has 0 bridgehead atoms. The van der Waals surface area contributed by atoms with Crippen molar-refractivity contribution in [3.8, 4) is 0 Å². The highest BCUT2D eigenvalue weighted by molar-refractivity contribution is 7.12. The molecule has 1 aromatic heterocycles. The Balaban J connectivity index is 2.15. The fourth-order valence-corrected chi connectivity index (χ4v) is 2.77. The Bertz CT molecular complexity index is 639. The summed E-state index contributed by atoms with van der Waals surface area (Å²) in [7, 11) is 0. The van der Waals surface area contributed by atoms with E-state index < -0.39 is 5.97 Å². The second-order valence-electron chi connectivity index (χ2n) is 4.10. The third-order valence-electron chi connectivity index (χ3n) is 2.70. The quantitative estimate of drug-likeness (QED) is 0.885. The van der Waals surface area contributed by atoms with Crippen LogP contribution in [0.2, 0.25) is 5.02 Å². The molecule has 20 heavy (non-hydrogen) atoms. The molecule has 4 nitrogen and oxygen atoms in total. The zero-order valence-electron chi connectivity index (χ0n) is 10.4. The second-order valence-corrected chi connectivity index (χ2v) is 5.43. The van der Waals surface area contributed by atoms with E-state index in [0.717, 1.165) is 5.56 Å². The molecule has 2 N–H and O–H groups in total. The van der Waals surface area contributed by atoms with Crippen molar-refractivity contribution >= 4 is 40.5 Å². The Labute approximate surface area is 125 Å². The number of aliphatic carboxylic acids is 1. The number of hydrogen-bond acceptors (Lipinski definition) is 3. The van der Waals surface area contributed by atoms with Crippen molar-refractivity contribution in [2.45, 2.75) is 12.8 Å². The minimum absolute atomic E-state index is 0.0205. The minimum atomic E-state index is -0.868. The average molecular weight is 310 g/mol. The van der Waals surface area contributed by atoms with Crippen LogP contribution in [0.1, 0.15) is 21.7 Å². The maximum Gasteiger partial charge on any atom is 0.303 e. The highest BCUT2D eigenvalue weighted by Gasteiger charge is 2.13. The Morgan fingerprint density at radius 3 is 2.65 bits per heavy atom. The first-order chi connectivity index (χ1) is 9.58. The van der Waals surface area contributed by atoms with Gasteiger partial charge in [0.15, 0.2) is 0 Å². The monoisotopic (exact) mass is 309 g/mol. The number of carboxylic acid groups (broad SMARTS) is 1. The van der Waals surface area contributed by atoms with Crippen LogP contribution in [0, 0.1) is 0 Å². The fourth-order valence-electron chi connectivity index (χ4n) is 1.74. The first-order valence-corrected chi connectivity index (χ1v) is 7.17. The lowest BCUT2D eigenvalue weighted by molar-refractivity contribution is -0.136. The maximum atomic E-state index is 12.1. The number of para-hydroxylation sites is 1. The van der Waals surface area contributed by atoms with Gasteiger partial charge in [-0.25, -0.2) is 0 Å². The molecule has 6 heteroatoms. The maximum absolute atomic E-state index is 12.1. The van der Waals surface area contributed by atoms with Gasteiger partial charge in [-0.15, -0.1) is 11.3 Å². The number of nitrogens with one attached hydrogen (secondary N) is 1. The zero-order valence-corrected chi connectivity index (χ0v) is 12.0. The summed E-state index contributed by atoms with van der Waals surface area (Å²) in [6.07, 6.45) is 0.386. The number of halogens is 1. The number of carbonyl (C=O) groups is 2. The molecule has 0 spiro atoms. The molecule has 0 aliphatic rings. The summed E-state index contributed by atoms with van der Waals surface area (Å²) in [4.78, 5) is 23.2. The van der Waals surface area contributed by atoms with E-state index in [1.54, 1.807) is 29.6 Å². The molecule has 0 radical (unpaired) electrons. The van der Waals surface area contributed by atoms with E-state index in [-0.39, 0.29) is 12.3 Å². The van der Waals surface area contributed by atoms with Crippen LogP contribution in [0.25, 0.3) is 0 Å². The van der Waals surface area contributed by atoms with Crippen molar-refractivity contribution in [1.29, 1.82) is 0 Å². The molecule has 1 heterocycles. The van der Waals surface area contributed by atoms with E-state index in [4.69, 9.17) is 16.7 Å². The highest BCUT2D eigenvalue weighted by Crippen LogP contribution is 2.24. The summed E-state index contributed by atoms with van der Waals surface area (Å²) < 4.78 is 0. The molecular weight excluding hydrogens is 298 g/mol. The van der Waals surface area contributed by atoms with Crippen LogP contribution < -0.4 is 5.32 Å². The lowest BCUT2D eigenvalue weighted by Gasteiger charge is -2.09. The predicted octanol–water partition coefficient (Wildman–Crippen LogP) is 3.67. The van der Waals surface area contributed by atoms with Crippen molar-refractivity contribution in [3.05, 3.63) is 51.2 Å². The van der Waals surface area contributed by atoms with Gasteiger partial charge in [0.1, 0.15) is 4.88 Å². The SMILES string of the molecule is O=C(O)CCc1ccccc1NC(=O)c1sccc1Cl. The summed E-state index contributed by atoms with van der Waals surface area (Å²) in [5.74, 6) is -1.15. The van der Waals surface area contributed by atoms with Crippen molar-refractivity contribution in [2.75, 3.05) is 5.32 Å². The number of carboxylic acids is 1. The van der Waals surface area contributed by atoms with E-state index in [1.165, 1.54) is 11.3 Å². The standard InChI is InChI=1S/C14H12ClNO3S/c15-10-7-8-20-13(10)14(19)16-11-4-2-1-3-9(11)5-6-12(17)18/h1-4,7-8H,5-6H2,(H,16,19)(H,17,18). The third-order valence-corrected chi connectivity index (χ3v) is 4.04. The van der Waals surface area contributed by atoms with Gasteiger partial charge in [0.25, 0.3) is 5.91 Å². The lowest BCUT2D eigenvalue weighted by Crippen LogP contribution is -2.12. The number of anilines is 1. The van der Waals surface area contributed by atoms with Gasteiger partial charge >= 0.3 is 5.97 Å². The Hall–Kier alpha value is -1.85. The topological polar surface area (TPSA) is 66.4 Å². The average Bonchev–Trinajstić information content (AvgIpc) is 2.84. The molecule has 0 unspecified atom stereocenters. The summed E-state index contributed by atoms with van der Waals surface area (Å²) in [5.41, 5.74) is 1.40. The van der Waals surface area contributed by atoms with E-state index >= 15 is 0 Å². The summed E-state index contributed by atoms with van der Waals surface area (Å²) in [6, 6.07) is 8.81. The lowest BCUT2D eigenvalue weighted by atomic mass is 10.1. The van der Waals surface area contributed by atoms with Crippen LogP contribution in [0.3, 0.4) is 0 Å². The van der Waals surface area contributed by atoms with E-state index in [0.29, 0.717) is 22.0 Å². The van der Waals surface area contributed by atoms with Crippen molar-refractivity contribution in [1.82, 2.24) is 0 Å². The van der Waals surface area contributed by atoms with Gasteiger partial charge in [0.2, 0.25) is 0 Å². The molecule has 0 aliphatic carbocycles. The first kappa shape index (κ1) is 14.6. The molecule has 0 fully saturated rings. The number of benzene rings is 1. The van der Waals surface area contributed by atoms with Gasteiger partial charge in [-0.3, -0.25) is 9.59 Å². The second kappa shape index (κ2) is 6.54. The Kier molecular flexibility index (Phi) is 4.76. The van der Waals surface area contributed by atoms with Crippen LogP contribution in [-0.4, -0.2) is 17.0 Å². The van der Waals surface area contributed by atoms with Gasteiger partial charge in [0, 0.05) is 12.1 Å². The molecule has 1 aromatic carbocycles. The molecule has 0 saturated heterocycles. The van der Waals surface area contributed by atoms with Crippen LogP contribution in [-0.2, 0) is 11.2 Å². The third kappa shape index (κ3) is 3.59. The molecule has 0 aliphatic heterocycles. The number of amides is 1. The summed E-state index contributed by atoms with van der Waals surface area (Å²) in [5, 5.41) is 13.7. The van der Waals surface area contributed by atoms with Crippen LogP contribution in [0.5, 0.6) is 0 Å².